The van der Waals surface area contributed by atoms with Crippen LogP contribution in [0.2, 0.25) is 0 Å². The van der Waals surface area contributed by atoms with Crippen LogP contribution in [0.1, 0.15) is 25.3 Å². The van der Waals surface area contributed by atoms with Crippen LogP contribution in [0.4, 0.5) is 4.39 Å². The number of fused-ring (bicyclic) bond motifs is 1. The van der Waals surface area contributed by atoms with Crippen molar-refractivity contribution in [2.45, 2.75) is 43.2 Å². The van der Waals surface area contributed by atoms with E-state index in [1.165, 1.54) is 17.3 Å². The van der Waals surface area contributed by atoms with Crippen LogP contribution in [0, 0.1) is 5.82 Å². The van der Waals surface area contributed by atoms with Crippen LogP contribution in [-0.4, -0.2) is 49.7 Å². The number of nitrogens with zero attached hydrogens (tertiary/aromatic N) is 1. The molecule has 0 radical (unpaired) electrons. The van der Waals surface area contributed by atoms with E-state index in [0.29, 0.717) is 23.8 Å². The van der Waals surface area contributed by atoms with E-state index >= 15 is 0 Å². The third-order valence-corrected chi connectivity index (χ3v) is 8.20. The normalized spacial score (nSPS) is 16.1. The van der Waals surface area contributed by atoms with E-state index in [1.807, 2.05) is 24.3 Å². The Kier molecular flexibility index (Phi) is 7.47. The Morgan fingerprint density at radius 2 is 1.66 bits per heavy atom. The minimum Gasteiger partial charge on any atom is -0.351 e. The maximum absolute atomic E-state index is 14.1. The average Bonchev–Trinajstić information content (AvgIpc) is 2.84. The Morgan fingerprint density at radius 3 is 2.37 bits per heavy atom. The average molecular weight is 498 g/mol. The molecule has 0 saturated carbocycles. The Morgan fingerprint density at radius 1 is 1.00 bits per heavy atom. The molecular formula is C26H28FN3O4S. The number of amides is 2. The molecule has 0 bridgehead atoms. The Hall–Kier alpha value is -3.30. The molecule has 1 heterocycles. The van der Waals surface area contributed by atoms with Gasteiger partial charge in [0.2, 0.25) is 21.8 Å². The topological polar surface area (TPSA) is 95.6 Å². The summed E-state index contributed by atoms with van der Waals surface area (Å²) in [4.78, 5) is 24.8. The fourth-order valence-corrected chi connectivity index (χ4v) is 6.12. The standard InChI is InChI=1S/C26H28FN3O4S/c1-18(31)28-24(17-20-8-3-5-11-23(20)27)26(32)29-21-13-15-30(16-14-21)35(33,34)25-12-6-9-19-7-2-4-10-22(19)25/h2-12,21,24H,13-17H2,1H3,(H,28,31)(H,29,32)/t24-/m1/s1. The van der Waals surface area contributed by atoms with E-state index in [4.69, 9.17) is 0 Å². The highest BCUT2D eigenvalue weighted by Gasteiger charge is 2.32. The lowest BCUT2D eigenvalue weighted by molar-refractivity contribution is -0.128. The first-order valence-corrected chi connectivity index (χ1v) is 13.0. The Balaban J connectivity index is 1.41. The molecule has 3 aromatic carbocycles. The third-order valence-electron chi connectivity index (χ3n) is 6.24. The predicted octanol–water partition coefficient (Wildman–Crippen LogP) is 3.00. The molecule has 35 heavy (non-hydrogen) atoms. The van der Waals surface area contributed by atoms with Crippen LogP contribution in [0.25, 0.3) is 10.8 Å². The van der Waals surface area contributed by atoms with Crippen molar-refractivity contribution >= 4 is 32.6 Å². The Labute approximate surface area is 204 Å². The predicted molar refractivity (Wildman–Crippen MR) is 132 cm³/mol. The van der Waals surface area contributed by atoms with Crippen molar-refractivity contribution in [2.24, 2.45) is 0 Å². The van der Waals surface area contributed by atoms with Gasteiger partial charge in [-0.2, -0.15) is 4.31 Å². The number of piperidine rings is 1. The van der Waals surface area contributed by atoms with Crippen LogP contribution < -0.4 is 10.6 Å². The zero-order chi connectivity index (χ0) is 25.0. The Bertz CT molecular complexity index is 1330. The SMILES string of the molecule is CC(=O)N[C@H](Cc1ccccc1F)C(=O)NC1CCN(S(=O)(=O)c2cccc3ccccc23)CC1. The van der Waals surface area contributed by atoms with Crippen molar-refractivity contribution < 1.29 is 22.4 Å². The van der Waals surface area contributed by atoms with Crippen LogP contribution in [0.15, 0.2) is 71.6 Å². The van der Waals surface area contributed by atoms with E-state index in [9.17, 15) is 22.4 Å². The van der Waals surface area contributed by atoms with Gasteiger partial charge in [-0.05, 0) is 35.9 Å². The van der Waals surface area contributed by atoms with Gasteiger partial charge in [-0.15, -0.1) is 0 Å². The summed E-state index contributed by atoms with van der Waals surface area (Å²) in [6.07, 6.45) is 0.886. The van der Waals surface area contributed by atoms with Crippen LogP contribution in [-0.2, 0) is 26.0 Å². The molecule has 1 fully saturated rings. The molecule has 7 nitrogen and oxygen atoms in total. The second-order valence-corrected chi connectivity index (χ2v) is 10.6. The van der Waals surface area contributed by atoms with Crippen LogP contribution in [0.5, 0.6) is 0 Å². The van der Waals surface area contributed by atoms with Gasteiger partial charge in [-0.3, -0.25) is 9.59 Å². The van der Waals surface area contributed by atoms with Crippen molar-refractivity contribution in [2.75, 3.05) is 13.1 Å². The summed E-state index contributed by atoms with van der Waals surface area (Å²) in [5.74, 6) is -1.25. The summed E-state index contributed by atoms with van der Waals surface area (Å²) in [6.45, 7) is 1.82. The number of hydrogen-bond acceptors (Lipinski definition) is 4. The van der Waals surface area contributed by atoms with Gasteiger partial charge >= 0.3 is 0 Å². The lowest BCUT2D eigenvalue weighted by atomic mass is 10.0. The summed E-state index contributed by atoms with van der Waals surface area (Å²) in [6, 6.07) is 17.5. The number of benzene rings is 3. The molecule has 2 N–H and O–H groups in total. The third kappa shape index (κ3) is 5.68. The minimum absolute atomic E-state index is 0.0202. The zero-order valence-corrected chi connectivity index (χ0v) is 20.2. The molecule has 9 heteroatoms. The maximum Gasteiger partial charge on any atom is 0.243 e. The second kappa shape index (κ2) is 10.5. The van der Waals surface area contributed by atoms with Gasteiger partial charge in [0.25, 0.3) is 0 Å². The molecular weight excluding hydrogens is 469 g/mol. The number of nitrogens with one attached hydrogen (secondary N) is 2. The van der Waals surface area contributed by atoms with E-state index in [-0.39, 0.29) is 30.4 Å². The van der Waals surface area contributed by atoms with E-state index in [2.05, 4.69) is 10.6 Å². The zero-order valence-electron chi connectivity index (χ0n) is 19.4. The first-order valence-electron chi connectivity index (χ1n) is 11.5. The molecule has 1 aliphatic heterocycles. The molecule has 2 amide bonds. The lowest BCUT2D eigenvalue weighted by Gasteiger charge is -2.32. The fourth-order valence-electron chi connectivity index (χ4n) is 4.44. The molecule has 0 unspecified atom stereocenters. The number of sulfonamides is 1. The van der Waals surface area contributed by atoms with Gasteiger partial charge < -0.3 is 10.6 Å². The molecule has 0 aromatic heterocycles. The molecule has 3 aromatic rings. The highest BCUT2D eigenvalue weighted by molar-refractivity contribution is 7.89. The van der Waals surface area contributed by atoms with Gasteiger partial charge in [0.05, 0.1) is 4.90 Å². The summed E-state index contributed by atoms with van der Waals surface area (Å²) >= 11 is 0. The van der Waals surface area contributed by atoms with Gasteiger partial charge in [0.15, 0.2) is 0 Å². The van der Waals surface area contributed by atoms with Gasteiger partial charge in [-0.1, -0.05) is 54.6 Å². The van der Waals surface area contributed by atoms with E-state index in [0.717, 1.165) is 5.39 Å². The highest BCUT2D eigenvalue weighted by Crippen LogP contribution is 2.27. The number of rotatable bonds is 7. The molecule has 1 saturated heterocycles. The van der Waals surface area contributed by atoms with Crippen LogP contribution >= 0.6 is 0 Å². The molecule has 0 aliphatic carbocycles. The molecule has 0 spiro atoms. The van der Waals surface area contributed by atoms with Gasteiger partial charge in [0.1, 0.15) is 11.9 Å². The first-order chi connectivity index (χ1) is 16.8. The van der Waals surface area contributed by atoms with Crippen molar-refractivity contribution in [1.82, 2.24) is 14.9 Å². The van der Waals surface area contributed by atoms with Gasteiger partial charge in [-0.25, -0.2) is 12.8 Å². The highest BCUT2D eigenvalue weighted by atomic mass is 32.2. The monoisotopic (exact) mass is 497 g/mol. The quantitative estimate of drug-likeness (QED) is 0.525. The molecule has 184 valence electrons. The first kappa shape index (κ1) is 24.8. The van der Waals surface area contributed by atoms with E-state index < -0.39 is 33.7 Å². The molecule has 4 rings (SSSR count). The largest absolute Gasteiger partial charge is 0.351 e. The second-order valence-electron chi connectivity index (χ2n) is 8.71. The number of carbonyl (C=O) groups is 2. The number of carbonyl (C=O) groups excluding carboxylic acids is 2. The summed E-state index contributed by atoms with van der Waals surface area (Å²) in [5.41, 5.74) is 0.331. The van der Waals surface area contributed by atoms with Crippen LogP contribution in [0.3, 0.4) is 0 Å². The fraction of sp³-hybridized carbons (Fsp3) is 0.308. The summed E-state index contributed by atoms with van der Waals surface area (Å²) in [7, 11) is -3.70. The smallest absolute Gasteiger partial charge is 0.243 e. The maximum atomic E-state index is 14.1. The number of halogens is 1. The van der Waals surface area contributed by atoms with Crippen molar-refractivity contribution in [3.63, 3.8) is 0 Å². The molecule has 1 aliphatic rings. The van der Waals surface area contributed by atoms with Crippen molar-refractivity contribution in [3.8, 4) is 0 Å². The van der Waals surface area contributed by atoms with Gasteiger partial charge in [0, 0.05) is 37.9 Å². The van der Waals surface area contributed by atoms with Crippen molar-refractivity contribution in [1.29, 1.82) is 0 Å². The van der Waals surface area contributed by atoms with Crippen molar-refractivity contribution in [3.05, 3.63) is 78.1 Å². The summed E-state index contributed by atoms with van der Waals surface area (Å²) in [5, 5.41) is 7.03. The minimum atomic E-state index is -3.70. The number of hydrogen-bond donors (Lipinski definition) is 2. The van der Waals surface area contributed by atoms with E-state index in [1.54, 1.807) is 36.4 Å². The summed E-state index contributed by atoms with van der Waals surface area (Å²) < 4.78 is 42.2. The molecule has 1 atom stereocenters. The lowest BCUT2D eigenvalue weighted by Crippen LogP contribution is -2.53.